The van der Waals surface area contributed by atoms with Crippen LogP contribution in [-0.2, 0) is 0 Å². The minimum Gasteiger partial charge on any atom is -0.493 e. The zero-order chi connectivity index (χ0) is 17.5. The van der Waals surface area contributed by atoms with Gasteiger partial charge in [-0.1, -0.05) is 37.0 Å². The van der Waals surface area contributed by atoms with Crippen molar-refractivity contribution in [3.05, 3.63) is 52.0 Å². The normalized spacial score (nSPS) is 11.2. The zero-order valence-electron chi connectivity index (χ0n) is 14.1. The first-order valence-electron chi connectivity index (χ1n) is 7.79. The molecule has 0 saturated carbocycles. The fourth-order valence-corrected chi connectivity index (χ4v) is 2.57. The van der Waals surface area contributed by atoms with Crippen molar-refractivity contribution < 1.29 is 9.47 Å². The second-order valence-electron chi connectivity index (χ2n) is 5.83. The van der Waals surface area contributed by atoms with E-state index in [0.29, 0.717) is 34.0 Å². The Morgan fingerprint density at radius 3 is 2.38 bits per heavy atom. The molecule has 0 saturated heterocycles. The van der Waals surface area contributed by atoms with E-state index in [0.717, 1.165) is 17.7 Å². The molecule has 2 rings (SSSR count). The van der Waals surface area contributed by atoms with Crippen molar-refractivity contribution >= 4 is 35.1 Å². The summed E-state index contributed by atoms with van der Waals surface area (Å²) < 4.78 is 11.2. The molecule has 2 aromatic rings. The SMILES string of the molecule is COc1cc(C=Nc2cc(Cl)cc(Cl)c2)ccc1OCCC(C)C. The molecule has 0 fully saturated rings. The van der Waals surface area contributed by atoms with Crippen LogP contribution in [0.15, 0.2) is 41.4 Å². The predicted octanol–water partition coefficient (Wildman–Crippen LogP) is 6.18. The van der Waals surface area contributed by atoms with Gasteiger partial charge in [0.15, 0.2) is 11.5 Å². The quantitative estimate of drug-likeness (QED) is 0.548. The van der Waals surface area contributed by atoms with E-state index >= 15 is 0 Å². The molecule has 0 aliphatic rings. The highest BCUT2D eigenvalue weighted by Crippen LogP contribution is 2.29. The Balaban J connectivity index is 2.12. The first kappa shape index (κ1) is 18.6. The summed E-state index contributed by atoms with van der Waals surface area (Å²) in [4.78, 5) is 4.40. The first-order valence-corrected chi connectivity index (χ1v) is 8.54. The molecule has 3 nitrogen and oxygen atoms in total. The lowest BCUT2D eigenvalue weighted by atomic mass is 10.1. The van der Waals surface area contributed by atoms with Gasteiger partial charge >= 0.3 is 0 Å². The third-order valence-corrected chi connectivity index (χ3v) is 3.79. The van der Waals surface area contributed by atoms with Crippen LogP contribution in [0.4, 0.5) is 5.69 Å². The van der Waals surface area contributed by atoms with Crippen molar-refractivity contribution in [2.45, 2.75) is 20.3 Å². The molecule has 128 valence electrons. The average molecular weight is 366 g/mol. The molecule has 0 heterocycles. The first-order chi connectivity index (χ1) is 11.5. The number of methoxy groups -OCH3 is 1. The number of ether oxygens (including phenoxy) is 2. The third-order valence-electron chi connectivity index (χ3n) is 3.35. The van der Waals surface area contributed by atoms with E-state index in [1.54, 1.807) is 31.5 Å². The minimum absolute atomic E-state index is 0.557. The van der Waals surface area contributed by atoms with Gasteiger partial charge in [-0.25, -0.2) is 0 Å². The van der Waals surface area contributed by atoms with E-state index in [4.69, 9.17) is 32.7 Å². The van der Waals surface area contributed by atoms with Crippen molar-refractivity contribution in [2.24, 2.45) is 10.9 Å². The van der Waals surface area contributed by atoms with Crippen LogP contribution in [0.3, 0.4) is 0 Å². The highest BCUT2D eigenvalue weighted by Gasteiger charge is 2.06. The molecule has 0 aliphatic heterocycles. The Morgan fingerprint density at radius 2 is 1.75 bits per heavy atom. The summed E-state index contributed by atoms with van der Waals surface area (Å²) >= 11 is 12.0. The maximum absolute atomic E-state index is 5.98. The Bertz CT molecular complexity index is 694. The number of rotatable bonds is 7. The van der Waals surface area contributed by atoms with E-state index in [-0.39, 0.29) is 0 Å². The fourth-order valence-electron chi connectivity index (χ4n) is 2.05. The van der Waals surface area contributed by atoms with Crippen LogP contribution in [0.1, 0.15) is 25.8 Å². The van der Waals surface area contributed by atoms with Crippen LogP contribution in [0.5, 0.6) is 11.5 Å². The molecule has 0 amide bonds. The maximum atomic E-state index is 5.98. The highest BCUT2D eigenvalue weighted by molar-refractivity contribution is 6.35. The smallest absolute Gasteiger partial charge is 0.161 e. The summed E-state index contributed by atoms with van der Waals surface area (Å²) in [5, 5.41) is 1.11. The van der Waals surface area contributed by atoms with Gasteiger partial charge in [-0.05, 0) is 54.3 Å². The van der Waals surface area contributed by atoms with Crippen LogP contribution >= 0.6 is 23.2 Å². The monoisotopic (exact) mass is 365 g/mol. The Labute approximate surface area is 153 Å². The molecule has 0 N–H and O–H groups in total. The summed E-state index contributed by atoms with van der Waals surface area (Å²) in [5.41, 5.74) is 1.60. The second kappa shape index (κ2) is 8.95. The molecule has 0 bridgehead atoms. The molecule has 5 heteroatoms. The van der Waals surface area contributed by atoms with Gasteiger partial charge in [0.05, 0.1) is 19.4 Å². The Kier molecular flexibility index (Phi) is 6.95. The fraction of sp³-hybridized carbons (Fsp3) is 0.316. The van der Waals surface area contributed by atoms with Gasteiger partial charge in [0.2, 0.25) is 0 Å². The number of hydrogen-bond donors (Lipinski definition) is 0. The molecule has 0 atom stereocenters. The summed E-state index contributed by atoms with van der Waals surface area (Å²) in [6.07, 6.45) is 2.74. The van der Waals surface area contributed by atoms with Crippen LogP contribution in [-0.4, -0.2) is 19.9 Å². The third kappa shape index (κ3) is 5.73. The molecule has 0 radical (unpaired) electrons. The van der Waals surface area contributed by atoms with E-state index < -0.39 is 0 Å². The molecule has 0 aromatic heterocycles. The molecule has 0 unspecified atom stereocenters. The largest absolute Gasteiger partial charge is 0.493 e. The van der Waals surface area contributed by atoms with Gasteiger partial charge in [-0.15, -0.1) is 0 Å². The average Bonchev–Trinajstić information content (AvgIpc) is 2.52. The molecule has 0 aliphatic carbocycles. The standard InChI is InChI=1S/C19H21Cl2NO2/c1-13(2)6-7-24-18-5-4-14(8-19(18)23-3)12-22-17-10-15(20)9-16(21)11-17/h4-5,8-13H,6-7H2,1-3H3. The number of aliphatic imine (C=N–C) groups is 1. The minimum atomic E-state index is 0.557. The van der Waals surface area contributed by atoms with Crippen LogP contribution in [0, 0.1) is 5.92 Å². The summed E-state index contributed by atoms with van der Waals surface area (Å²) in [5.74, 6) is 2.03. The van der Waals surface area contributed by atoms with Crippen LogP contribution < -0.4 is 9.47 Å². The molecular weight excluding hydrogens is 345 g/mol. The van der Waals surface area contributed by atoms with E-state index in [2.05, 4.69) is 18.8 Å². The summed E-state index contributed by atoms with van der Waals surface area (Å²) in [6.45, 7) is 5.01. The van der Waals surface area contributed by atoms with Crippen LogP contribution in [0.2, 0.25) is 10.0 Å². The highest BCUT2D eigenvalue weighted by atomic mass is 35.5. The van der Waals surface area contributed by atoms with Gasteiger partial charge in [-0.2, -0.15) is 0 Å². The lowest BCUT2D eigenvalue weighted by Gasteiger charge is -2.12. The van der Waals surface area contributed by atoms with E-state index in [1.807, 2.05) is 18.2 Å². The molecule has 24 heavy (non-hydrogen) atoms. The Hall–Kier alpha value is -1.71. The van der Waals surface area contributed by atoms with Gasteiger partial charge in [0, 0.05) is 16.3 Å². The predicted molar refractivity (Wildman–Crippen MR) is 102 cm³/mol. The van der Waals surface area contributed by atoms with Crippen molar-refractivity contribution in [1.82, 2.24) is 0 Å². The van der Waals surface area contributed by atoms with E-state index in [1.165, 1.54) is 0 Å². The Morgan fingerprint density at radius 1 is 1.04 bits per heavy atom. The molecule has 2 aromatic carbocycles. The molecule has 0 spiro atoms. The number of nitrogens with zero attached hydrogens (tertiary/aromatic N) is 1. The summed E-state index contributed by atoms with van der Waals surface area (Å²) in [6, 6.07) is 10.9. The maximum Gasteiger partial charge on any atom is 0.161 e. The van der Waals surface area contributed by atoms with Crippen molar-refractivity contribution in [2.75, 3.05) is 13.7 Å². The van der Waals surface area contributed by atoms with E-state index in [9.17, 15) is 0 Å². The van der Waals surface area contributed by atoms with Crippen molar-refractivity contribution in [3.63, 3.8) is 0 Å². The van der Waals surface area contributed by atoms with Gasteiger partial charge in [0.25, 0.3) is 0 Å². The van der Waals surface area contributed by atoms with Crippen LogP contribution in [0.25, 0.3) is 0 Å². The molecular formula is C19H21Cl2NO2. The summed E-state index contributed by atoms with van der Waals surface area (Å²) in [7, 11) is 1.63. The van der Waals surface area contributed by atoms with Gasteiger partial charge < -0.3 is 9.47 Å². The van der Waals surface area contributed by atoms with Gasteiger partial charge in [0.1, 0.15) is 0 Å². The second-order valence-corrected chi connectivity index (χ2v) is 6.70. The lowest BCUT2D eigenvalue weighted by molar-refractivity contribution is 0.273. The van der Waals surface area contributed by atoms with Crippen molar-refractivity contribution in [3.8, 4) is 11.5 Å². The lowest BCUT2D eigenvalue weighted by Crippen LogP contribution is -2.02. The van der Waals surface area contributed by atoms with Gasteiger partial charge in [-0.3, -0.25) is 4.99 Å². The number of benzene rings is 2. The topological polar surface area (TPSA) is 30.8 Å². The number of hydrogen-bond acceptors (Lipinski definition) is 3. The number of halogens is 2. The van der Waals surface area contributed by atoms with Crippen molar-refractivity contribution in [1.29, 1.82) is 0 Å². The zero-order valence-corrected chi connectivity index (χ0v) is 15.6.